The number of carbonyl (C=O) groups is 4. The lowest BCUT2D eigenvalue weighted by Gasteiger charge is -2.18. The fourth-order valence-corrected chi connectivity index (χ4v) is 2.26. The van der Waals surface area contributed by atoms with Crippen molar-refractivity contribution in [3.8, 4) is 5.75 Å². The van der Waals surface area contributed by atoms with Crippen LogP contribution in [0.15, 0.2) is 24.3 Å². The Morgan fingerprint density at radius 2 is 1.75 bits per heavy atom. The highest BCUT2D eigenvalue weighted by Gasteiger charge is 2.46. The fourth-order valence-electron chi connectivity index (χ4n) is 2.26. The van der Waals surface area contributed by atoms with Crippen LogP contribution in [0.4, 0.5) is 4.79 Å². The molecule has 0 aromatic heterocycles. The number of hydrogen-bond acceptors (Lipinski definition) is 5. The predicted octanol–water partition coefficient (Wildman–Crippen LogP) is 0.511. The highest BCUT2D eigenvalue weighted by molar-refractivity contribution is 6.45. The molecule has 128 valence electrons. The van der Waals surface area contributed by atoms with E-state index < -0.39 is 36.3 Å². The van der Waals surface area contributed by atoms with Gasteiger partial charge in [-0.3, -0.25) is 19.3 Å². The van der Waals surface area contributed by atoms with E-state index in [4.69, 9.17) is 4.74 Å². The van der Waals surface area contributed by atoms with Gasteiger partial charge in [-0.2, -0.15) is 0 Å². The van der Waals surface area contributed by atoms with E-state index >= 15 is 0 Å². The first-order chi connectivity index (χ1) is 11.3. The van der Waals surface area contributed by atoms with Crippen LogP contribution in [0.2, 0.25) is 0 Å². The summed E-state index contributed by atoms with van der Waals surface area (Å²) in [6.45, 7) is 3.00. The molecule has 1 N–H and O–H groups in total. The number of hydrogen-bond donors (Lipinski definition) is 1. The average molecular weight is 333 g/mol. The maximum Gasteiger partial charge on any atom is 0.334 e. The van der Waals surface area contributed by atoms with E-state index in [0.717, 1.165) is 10.5 Å². The number of amides is 5. The van der Waals surface area contributed by atoms with Gasteiger partial charge in [-0.1, -0.05) is 12.1 Å². The molecule has 1 aromatic rings. The van der Waals surface area contributed by atoms with Gasteiger partial charge in [-0.05, 0) is 31.5 Å². The Bertz CT molecular complexity index is 669. The van der Waals surface area contributed by atoms with Gasteiger partial charge in [0, 0.05) is 12.6 Å². The minimum atomic E-state index is -0.978. The lowest BCUT2D eigenvalue weighted by molar-refractivity contribution is -0.144. The normalized spacial score (nSPS) is 14.6. The van der Waals surface area contributed by atoms with Crippen molar-refractivity contribution < 1.29 is 23.9 Å². The van der Waals surface area contributed by atoms with Gasteiger partial charge in [0.25, 0.3) is 0 Å². The molecule has 0 radical (unpaired) electrons. The molecule has 1 aromatic carbocycles. The van der Waals surface area contributed by atoms with Crippen molar-refractivity contribution in [2.45, 2.75) is 26.4 Å². The van der Waals surface area contributed by atoms with E-state index in [0.29, 0.717) is 10.6 Å². The van der Waals surface area contributed by atoms with Crippen molar-refractivity contribution in [3.63, 3.8) is 0 Å². The van der Waals surface area contributed by atoms with Crippen LogP contribution >= 0.6 is 0 Å². The van der Waals surface area contributed by atoms with Crippen LogP contribution in [-0.4, -0.2) is 53.2 Å². The lowest BCUT2D eigenvalue weighted by Crippen LogP contribution is -2.42. The van der Waals surface area contributed by atoms with Crippen LogP contribution in [0.3, 0.4) is 0 Å². The minimum absolute atomic E-state index is 0.237. The molecule has 1 aliphatic heterocycles. The molecular weight excluding hydrogens is 314 g/mol. The number of methoxy groups -OCH3 is 1. The number of rotatable bonds is 6. The zero-order valence-corrected chi connectivity index (χ0v) is 13.7. The Morgan fingerprint density at radius 3 is 2.25 bits per heavy atom. The van der Waals surface area contributed by atoms with Crippen molar-refractivity contribution in [2.75, 3.05) is 13.7 Å². The van der Waals surface area contributed by atoms with Crippen molar-refractivity contribution in [1.29, 1.82) is 0 Å². The van der Waals surface area contributed by atoms with Gasteiger partial charge >= 0.3 is 17.8 Å². The van der Waals surface area contributed by atoms with Crippen LogP contribution in [0.1, 0.15) is 19.4 Å². The number of benzene rings is 1. The molecule has 8 nitrogen and oxygen atoms in total. The SMILES string of the molecule is COc1ccc(CNC(=O)CN2C(=O)C(=O)N(C(C)C)C2=O)cc1. The smallest absolute Gasteiger partial charge is 0.334 e. The first-order valence-electron chi connectivity index (χ1n) is 7.43. The highest BCUT2D eigenvalue weighted by atomic mass is 16.5. The van der Waals surface area contributed by atoms with Crippen LogP contribution in [0.25, 0.3) is 0 Å². The van der Waals surface area contributed by atoms with Crippen LogP contribution in [0, 0.1) is 0 Å². The second-order valence-corrected chi connectivity index (χ2v) is 5.57. The summed E-state index contributed by atoms with van der Waals surface area (Å²) in [7, 11) is 1.56. The lowest BCUT2D eigenvalue weighted by atomic mass is 10.2. The van der Waals surface area contributed by atoms with Gasteiger partial charge in [0.2, 0.25) is 5.91 Å². The summed E-state index contributed by atoms with van der Waals surface area (Å²) in [4.78, 5) is 49.1. The van der Waals surface area contributed by atoms with Gasteiger partial charge in [0.15, 0.2) is 0 Å². The van der Waals surface area contributed by atoms with E-state index in [2.05, 4.69) is 5.32 Å². The third-order valence-electron chi connectivity index (χ3n) is 3.55. The van der Waals surface area contributed by atoms with Crippen LogP contribution in [-0.2, 0) is 20.9 Å². The summed E-state index contributed by atoms with van der Waals surface area (Å²) < 4.78 is 5.04. The molecule has 1 aliphatic rings. The molecule has 0 atom stereocenters. The summed E-state index contributed by atoms with van der Waals surface area (Å²) in [6, 6.07) is 5.88. The Balaban J connectivity index is 1.93. The summed E-state index contributed by atoms with van der Waals surface area (Å²) in [5.41, 5.74) is 0.836. The summed E-state index contributed by atoms with van der Waals surface area (Å²) in [5, 5.41) is 2.61. The van der Waals surface area contributed by atoms with E-state index in [1.807, 2.05) is 0 Å². The molecule has 5 amide bonds. The van der Waals surface area contributed by atoms with Crippen molar-refractivity contribution in [2.24, 2.45) is 0 Å². The summed E-state index contributed by atoms with van der Waals surface area (Å²) >= 11 is 0. The molecule has 8 heteroatoms. The first kappa shape index (κ1) is 17.5. The molecule has 24 heavy (non-hydrogen) atoms. The number of nitrogens with zero attached hydrogens (tertiary/aromatic N) is 2. The monoisotopic (exact) mass is 333 g/mol. The number of nitrogens with one attached hydrogen (secondary N) is 1. The number of urea groups is 1. The number of ether oxygens (including phenoxy) is 1. The molecule has 0 bridgehead atoms. The van der Waals surface area contributed by atoms with Crippen LogP contribution in [0.5, 0.6) is 5.75 Å². The standard InChI is InChI=1S/C16H19N3O5/c1-10(2)19-15(22)14(21)18(16(19)23)9-13(20)17-8-11-4-6-12(24-3)7-5-11/h4-7,10H,8-9H2,1-3H3,(H,17,20). The molecule has 1 heterocycles. The fraction of sp³-hybridized carbons (Fsp3) is 0.375. The topological polar surface area (TPSA) is 96.0 Å². The molecule has 0 aliphatic carbocycles. The first-order valence-corrected chi connectivity index (χ1v) is 7.43. The molecule has 0 spiro atoms. The number of carbonyl (C=O) groups excluding carboxylic acids is 4. The van der Waals surface area contributed by atoms with Crippen molar-refractivity contribution in [1.82, 2.24) is 15.1 Å². The Morgan fingerprint density at radius 1 is 1.12 bits per heavy atom. The highest BCUT2D eigenvalue weighted by Crippen LogP contribution is 2.15. The Labute approximate surface area is 139 Å². The predicted molar refractivity (Wildman–Crippen MR) is 83.9 cm³/mol. The van der Waals surface area contributed by atoms with Crippen LogP contribution < -0.4 is 10.1 Å². The molecule has 2 rings (SSSR count). The Kier molecular flexibility index (Phi) is 5.18. The summed E-state index contributed by atoms with van der Waals surface area (Å²) in [6.07, 6.45) is 0. The second kappa shape index (κ2) is 7.12. The van der Waals surface area contributed by atoms with Crippen molar-refractivity contribution in [3.05, 3.63) is 29.8 Å². The van der Waals surface area contributed by atoms with Gasteiger partial charge in [-0.15, -0.1) is 0 Å². The molecule has 1 fully saturated rings. The quantitative estimate of drug-likeness (QED) is 0.604. The molecular formula is C16H19N3O5. The molecule has 0 unspecified atom stereocenters. The van der Waals surface area contributed by atoms with Crippen molar-refractivity contribution >= 4 is 23.8 Å². The maximum atomic E-state index is 12.1. The average Bonchev–Trinajstić information content (AvgIpc) is 2.77. The Hall–Kier alpha value is -2.90. The maximum absolute atomic E-state index is 12.1. The largest absolute Gasteiger partial charge is 0.497 e. The molecule has 0 saturated carbocycles. The van der Waals surface area contributed by atoms with E-state index in [1.54, 1.807) is 45.2 Å². The summed E-state index contributed by atoms with van der Waals surface area (Å²) in [5.74, 6) is -1.71. The molecule has 1 saturated heterocycles. The van der Waals surface area contributed by atoms with Gasteiger partial charge in [-0.25, -0.2) is 9.69 Å². The van der Waals surface area contributed by atoms with E-state index in [1.165, 1.54) is 0 Å². The van der Waals surface area contributed by atoms with Gasteiger partial charge in [0.05, 0.1) is 7.11 Å². The zero-order valence-electron chi connectivity index (χ0n) is 13.7. The van der Waals surface area contributed by atoms with E-state index in [-0.39, 0.29) is 6.54 Å². The third-order valence-corrected chi connectivity index (χ3v) is 3.55. The minimum Gasteiger partial charge on any atom is -0.497 e. The second-order valence-electron chi connectivity index (χ2n) is 5.57. The zero-order chi connectivity index (χ0) is 17.9. The van der Waals surface area contributed by atoms with Gasteiger partial charge < -0.3 is 10.1 Å². The third kappa shape index (κ3) is 3.53. The van der Waals surface area contributed by atoms with Gasteiger partial charge in [0.1, 0.15) is 12.3 Å². The number of imide groups is 2. The van der Waals surface area contributed by atoms with E-state index in [9.17, 15) is 19.2 Å².